The van der Waals surface area contributed by atoms with Crippen LogP contribution in [0.2, 0.25) is 5.02 Å². The first-order chi connectivity index (χ1) is 13.0. The van der Waals surface area contributed by atoms with Gasteiger partial charge in [-0.2, -0.15) is 4.98 Å². The van der Waals surface area contributed by atoms with Crippen LogP contribution < -0.4 is 10.6 Å². The second kappa shape index (κ2) is 8.96. The number of hydrogen-bond acceptors (Lipinski definition) is 6. The molecule has 0 fully saturated rings. The molecule has 142 valence electrons. The molecule has 27 heavy (non-hydrogen) atoms. The van der Waals surface area contributed by atoms with Crippen molar-refractivity contribution in [2.45, 2.75) is 33.9 Å². The number of hydrogen-bond donors (Lipinski definition) is 2. The molecular formula is C18H21ClN6OS. The van der Waals surface area contributed by atoms with Crippen LogP contribution in [0.25, 0.3) is 11.4 Å². The maximum absolute atomic E-state index is 6.01. The van der Waals surface area contributed by atoms with Gasteiger partial charge in [0.05, 0.1) is 12.2 Å². The van der Waals surface area contributed by atoms with E-state index in [1.807, 2.05) is 26.0 Å². The van der Waals surface area contributed by atoms with E-state index < -0.39 is 0 Å². The molecule has 0 radical (unpaired) electrons. The van der Waals surface area contributed by atoms with E-state index in [-0.39, 0.29) is 6.54 Å². The van der Waals surface area contributed by atoms with Crippen LogP contribution in [0.15, 0.2) is 33.8 Å². The summed E-state index contributed by atoms with van der Waals surface area (Å²) in [6.45, 7) is 7.74. The molecule has 0 saturated heterocycles. The fourth-order valence-corrected chi connectivity index (χ4v) is 3.39. The lowest BCUT2D eigenvalue weighted by atomic mass is 10.2. The van der Waals surface area contributed by atoms with Gasteiger partial charge in [0, 0.05) is 22.0 Å². The summed E-state index contributed by atoms with van der Waals surface area (Å²) < 4.78 is 5.29. The zero-order chi connectivity index (χ0) is 19.2. The predicted molar refractivity (Wildman–Crippen MR) is 108 cm³/mol. The molecule has 2 aromatic heterocycles. The van der Waals surface area contributed by atoms with Crippen molar-refractivity contribution >= 4 is 28.9 Å². The standard InChI is InChI=1S/C18H21ClN6OS/c1-4-20-18(22-10-16-23-11(2)12(3)27-16)21-9-15-24-17(25-26-15)13-6-5-7-14(19)8-13/h5-8H,4,9-10H2,1-3H3,(H2,20,21,22). The maximum Gasteiger partial charge on any atom is 0.248 e. The monoisotopic (exact) mass is 404 g/mol. The quantitative estimate of drug-likeness (QED) is 0.481. The molecule has 0 aliphatic rings. The summed E-state index contributed by atoms with van der Waals surface area (Å²) in [5.41, 5.74) is 1.87. The molecule has 2 heterocycles. The number of benzene rings is 1. The fourth-order valence-electron chi connectivity index (χ4n) is 2.33. The van der Waals surface area contributed by atoms with E-state index in [1.54, 1.807) is 23.5 Å². The first-order valence-corrected chi connectivity index (χ1v) is 9.78. The molecule has 3 aromatic rings. The van der Waals surface area contributed by atoms with Gasteiger partial charge in [-0.3, -0.25) is 0 Å². The third-order valence-electron chi connectivity index (χ3n) is 3.75. The highest BCUT2D eigenvalue weighted by Gasteiger charge is 2.09. The Morgan fingerprint density at radius 1 is 1.26 bits per heavy atom. The molecule has 1 aromatic carbocycles. The van der Waals surface area contributed by atoms with Gasteiger partial charge in [-0.05, 0) is 32.9 Å². The number of halogens is 1. The predicted octanol–water partition coefficient (Wildman–Crippen LogP) is 3.72. The summed E-state index contributed by atoms with van der Waals surface area (Å²) in [6.07, 6.45) is 0. The summed E-state index contributed by atoms with van der Waals surface area (Å²) in [4.78, 5) is 14.6. The molecule has 0 amide bonds. The number of rotatable bonds is 6. The topological polar surface area (TPSA) is 88.2 Å². The largest absolute Gasteiger partial charge is 0.357 e. The fraction of sp³-hybridized carbons (Fsp3) is 0.333. The van der Waals surface area contributed by atoms with Crippen molar-refractivity contribution < 1.29 is 4.52 Å². The van der Waals surface area contributed by atoms with E-state index >= 15 is 0 Å². The molecule has 0 saturated carbocycles. The van der Waals surface area contributed by atoms with Crippen LogP contribution in [0.3, 0.4) is 0 Å². The Morgan fingerprint density at radius 3 is 2.81 bits per heavy atom. The van der Waals surface area contributed by atoms with Gasteiger partial charge in [-0.15, -0.1) is 11.3 Å². The smallest absolute Gasteiger partial charge is 0.248 e. The van der Waals surface area contributed by atoms with Crippen molar-refractivity contribution in [3.63, 3.8) is 0 Å². The zero-order valence-corrected chi connectivity index (χ0v) is 17.0. The van der Waals surface area contributed by atoms with Crippen molar-refractivity contribution in [2.75, 3.05) is 6.54 Å². The molecule has 2 N–H and O–H groups in total. The maximum atomic E-state index is 6.01. The number of guanidine groups is 1. The third-order valence-corrected chi connectivity index (χ3v) is 5.06. The Hall–Kier alpha value is -2.45. The minimum Gasteiger partial charge on any atom is -0.357 e. The number of nitrogens with zero attached hydrogens (tertiary/aromatic N) is 4. The van der Waals surface area contributed by atoms with Gasteiger partial charge in [-0.1, -0.05) is 28.9 Å². The Balaban J connectivity index is 1.64. The summed E-state index contributed by atoms with van der Waals surface area (Å²) in [5.74, 6) is 1.60. The van der Waals surface area contributed by atoms with Crippen molar-refractivity contribution in [3.8, 4) is 11.4 Å². The van der Waals surface area contributed by atoms with E-state index in [2.05, 4.69) is 37.7 Å². The van der Waals surface area contributed by atoms with Crippen molar-refractivity contribution in [1.82, 2.24) is 25.8 Å². The molecule has 0 bridgehead atoms. The molecule has 0 spiro atoms. The lowest BCUT2D eigenvalue weighted by Gasteiger charge is -2.09. The Bertz CT molecular complexity index is 916. The molecule has 3 rings (SSSR count). The molecular weight excluding hydrogens is 384 g/mol. The van der Waals surface area contributed by atoms with Gasteiger partial charge in [0.25, 0.3) is 0 Å². The summed E-state index contributed by atoms with van der Waals surface area (Å²) in [6, 6.07) is 7.33. The highest BCUT2D eigenvalue weighted by atomic mass is 35.5. The van der Waals surface area contributed by atoms with Crippen LogP contribution in [-0.4, -0.2) is 27.6 Å². The number of aromatic nitrogens is 3. The average molecular weight is 405 g/mol. The first-order valence-electron chi connectivity index (χ1n) is 8.58. The number of thiazole rings is 1. The van der Waals surface area contributed by atoms with Crippen molar-refractivity contribution in [1.29, 1.82) is 0 Å². The van der Waals surface area contributed by atoms with Gasteiger partial charge in [-0.25, -0.2) is 9.98 Å². The first kappa shape index (κ1) is 19.3. The molecule has 0 unspecified atom stereocenters. The minimum absolute atomic E-state index is 0.277. The van der Waals surface area contributed by atoms with E-state index in [1.165, 1.54) is 4.88 Å². The normalized spacial score (nSPS) is 11.6. The van der Waals surface area contributed by atoms with Gasteiger partial charge in [0.2, 0.25) is 11.7 Å². The summed E-state index contributed by atoms with van der Waals surface area (Å²) >= 11 is 7.69. The highest BCUT2D eigenvalue weighted by Crippen LogP contribution is 2.20. The Labute approximate surface area is 166 Å². The highest BCUT2D eigenvalue weighted by molar-refractivity contribution is 7.11. The average Bonchev–Trinajstić information content (AvgIpc) is 3.24. The van der Waals surface area contributed by atoms with Crippen LogP contribution in [0.1, 0.15) is 28.4 Å². The third kappa shape index (κ3) is 5.27. The summed E-state index contributed by atoms with van der Waals surface area (Å²) in [5, 5.41) is 12.1. The van der Waals surface area contributed by atoms with Gasteiger partial charge >= 0.3 is 0 Å². The molecule has 9 heteroatoms. The lowest BCUT2D eigenvalue weighted by molar-refractivity contribution is 0.380. The van der Waals surface area contributed by atoms with E-state index in [0.717, 1.165) is 22.8 Å². The Kier molecular flexibility index (Phi) is 6.41. The number of nitrogens with one attached hydrogen (secondary N) is 2. The number of aliphatic imine (C=N–C) groups is 1. The molecule has 7 nitrogen and oxygen atoms in total. The van der Waals surface area contributed by atoms with E-state index in [4.69, 9.17) is 16.1 Å². The molecule has 0 aliphatic carbocycles. The summed E-state index contributed by atoms with van der Waals surface area (Å²) in [7, 11) is 0. The SMILES string of the molecule is CCNC(=NCc1nc(-c2cccc(Cl)c2)no1)NCc1nc(C)c(C)s1. The van der Waals surface area contributed by atoms with Crippen LogP contribution in [0, 0.1) is 13.8 Å². The van der Waals surface area contributed by atoms with Gasteiger partial charge in [0.1, 0.15) is 11.6 Å². The van der Waals surface area contributed by atoms with E-state index in [0.29, 0.717) is 29.2 Å². The van der Waals surface area contributed by atoms with Gasteiger partial charge in [0.15, 0.2) is 5.96 Å². The number of aryl methyl sites for hydroxylation is 2. The second-order valence-corrected chi connectivity index (χ2v) is 7.54. The zero-order valence-electron chi connectivity index (χ0n) is 15.4. The molecule has 0 atom stereocenters. The van der Waals surface area contributed by atoms with Crippen LogP contribution in [0.5, 0.6) is 0 Å². The van der Waals surface area contributed by atoms with Crippen LogP contribution in [0.4, 0.5) is 0 Å². The van der Waals surface area contributed by atoms with E-state index in [9.17, 15) is 0 Å². The Morgan fingerprint density at radius 2 is 2.11 bits per heavy atom. The van der Waals surface area contributed by atoms with Crippen LogP contribution in [-0.2, 0) is 13.1 Å². The van der Waals surface area contributed by atoms with Crippen molar-refractivity contribution in [3.05, 3.63) is 50.8 Å². The van der Waals surface area contributed by atoms with Crippen molar-refractivity contribution in [2.24, 2.45) is 4.99 Å². The minimum atomic E-state index is 0.277. The molecule has 0 aliphatic heterocycles. The lowest BCUT2D eigenvalue weighted by Crippen LogP contribution is -2.36. The van der Waals surface area contributed by atoms with Crippen LogP contribution >= 0.6 is 22.9 Å². The van der Waals surface area contributed by atoms with Gasteiger partial charge < -0.3 is 15.2 Å². The second-order valence-electron chi connectivity index (χ2n) is 5.82.